The third-order valence-corrected chi connectivity index (χ3v) is 6.04. The first-order chi connectivity index (χ1) is 8.05. The zero-order chi connectivity index (χ0) is 12.3. The Morgan fingerprint density at radius 2 is 1.76 bits per heavy atom. The van der Waals surface area contributed by atoms with Crippen molar-refractivity contribution in [1.29, 1.82) is 0 Å². The minimum absolute atomic E-state index is 0.0997. The topological polar surface area (TPSA) is 46.2 Å². The van der Waals surface area contributed by atoms with Crippen LogP contribution in [0.5, 0.6) is 0 Å². The standard InChI is InChI=1S/C13H25NO2S/c1-17(15,16)13-8-4-7-12(9-13)14-10-11-5-2-3-6-11/h11-14H,2-10H2,1H3. The molecule has 3 nitrogen and oxygen atoms in total. The highest BCUT2D eigenvalue weighted by Gasteiger charge is 2.29. The predicted octanol–water partition coefficient (Wildman–Crippen LogP) is 2.12. The molecule has 2 aliphatic carbocycles. The molecule has 2 unspecified atom stereocenters. The van der Waals surface area contributed by atoms with Crippen LogP contribution in [0.25, 0.3) is 0 Å². The zero-order valence-electron chi connectivity index (χ0n) is 10.8. The van der Waals surface area contributed by atoms with E-state index < -0.39 is 9.84 Å². The molecular weight excluding hydrogens is 234 g/mol. The van der Waals surface area contributed by atoms with Gasteiger partial charge in [-0.05, 0) is 44.6 Å². The summed E-state index contributed by atoms with van der Waals surface area (Å²) in [6.45, 7) is 1.10. The number of nitrogens with one attached hydrogen (secondary N) is 1. The highest BCUT2D eigenvalue weighted by Crippen LogP contribution is 2.26. The fourth-order valence-electron chi connectivity index (χ4n) is 3.27. The molecule has 0 spiro atoms. The summed E-state index contributed by atoms with van der Waals surface area (Å²) < 4.78 is 23.1. The van der Waals surface area contributed by atoms with Crippen molar-refractivity contribution in [3.63, 3.8) is 0 Å². The first kappa shape index (κ1) is 13.3. The Balaban J connectivity index is 1.77. The molecular formula is C13H25NO2S. The minimum atomic E-state index is -2.84. The van der Waals surface area contributed by atoms with Crippen molar-refractivity contribution in [2.45, 2.75) is 62.7 Å². The Labute approximate surface area is 105 Å². The molecule has 0 aromatic heterocycles. The maximum atomic E-state index is 11.6. The van der Waals surface area contributed by atoms with E-state index in [0.717, 1.165) is 38.1 Å². The number of hydrogen-bond donors (Lipinski definition) is 1. The van der Waals surface area contributed by atoms with Crippen LogP contribution in [-0.2, 0) is 9.84 Å². The second kappa shape index (κ2) is 5.70. The van der Waals surface area contributed by atoms with Gasteiger partial charge in [0.2, 0.25) is 0 Å². The van der Waals surface area contributed by atoms with E-state index in [2.05, 4.69) is 5.32 Å². The molecule has 2 rings (SSSR count). The van der Waals surface area contributed by atoms with Crippen LogP contribution in [-0.4, -0.2) is 32.5 Å². The number of rotatable bonds is 4. The van der Waals surface area contributed by atoms with E-state index in [1.54, 1.807) is 0 Å². The van der Waals surface area contributed by atoms with E-state index in [-0.39, 0.29) is 5.25 Å². The maximum absolute atomic E-state index is 11.6. The normalized spacial score (nSPS) is 31.8. The van der Waals surface area contributed by atoms with Crippen molar-refractivity contribution < 1.29 is 8.42 Å². The molecule has 100 valence electrons. The minimum Gasteiger partial charge on any atom is -0.314 e. The smallest absolute Gasteiger partial charge is 0.150 e. The summed E-state index contributed by atoms with van der Waals surface area (Å²) in [5, 5.41) is 3.50. The van der Waals surface area contributed by atoms with Gasteiger partial charge < -0.3 is 5.32 Å². The Hall–Kier alpha value is -0.0900. The average Bonchev–Trinajstić information content (AvgIpc) is 2.78. The molecule has 0 saturated heterocycles. The molecule has 0 aliphatic heterocycles. The molecule has 17 heavy (non-hydrogen) atoms. The molecule has 4 heteroatoms. The van der Waals surface area contributed by atoms with E-state index in [4.69, 9.17) is 0 Å². The van der Waals surface area contributed by atoms with Crippen LogP contribution < -0.4 is 5.32 Å². The fraction of sp³-hybridized carbons (Fsp3) is 1.00. The van der Waals surface area contributed by atoms with Gasteiger partial charge in [0.1, 0.15) is 9.84 Å². The van der Waals surface area contributed by atoms with Crippen LogP contribution in [0, 0.1) is 5.92 Å². The average molecular weight is 259 g/mol. The Morgan fingerprint density at radius 3 is 2.41 bits per heavy atom. The molecule has 2 atom stereocenters. The number of sulfone groups is 1. The highest BCUT2D eigenvalue weighted by atomic mass is 32.2. The summed E-state index contributed by atoms with van der Waals surface area (Å²) in [6, 6.07) is 0.434. The van der Waals surface area contributed by atoms with Crippen molar-refractivity contribution in [3.05, 3.63) is 0 Å². The van der Waals surface area contributed by atoms with Gasteiger partial charge in [-0.15, -0.1) is 0 Å². The Kier molecular flexibility index (Phi) is 4.47. The molecule has 0 amide bonds. The largest absolute Gasteiger partial charge is 0.314 e. The lowest BCUT2D eigenvalue weighted by molar-refractivity contribution is 0.347. The van der Waals surface area contributed by atoms with Crippen molar-refractivity contribution >= 4 is 9.84 Å². The van der Waals surface area contributed by atoms with Crippen LogP contribution in [0.4, 0.5) is 0 Å². The van der Waals surface area contributed by atoms with Gasteiger partial charge >= 0.3 is 0 Å². The molecule has 0 bridgehead atoms. The maximum Gasteiger partial charge on any atom is 0.150 e. The Bertz CT molecular complexity index is 333. The zero-order valence-corrected chi connectivity index (χ0v) is 11.6. The van der Waals surface area contributed by atoms with Gasteiger partial charge in [-0.1, -0.05) is 19.3 Å². The molecule has 1 N–H and O–H groups in total. The first-order valence-electron chi connectivity index (χ1n) is 6.98. The van der Waals surface area contributed by atoms with Crippen molar-refractivity contribution in [3.8, 4) is 0 Å². The third kappa shape index (κ3) is 3.95. The lowest BCUT2D eigenvalue weighted by Crippen LogP contribution is -2.40. The Morgan fingerprint density at radius 1 is 1.06 bits per heavy atom. The summed E-state index contributed by atoms with van der Waals surface area (Å²) in [5.74, 6) is 0.841. The molecule has 0 aromatic rings. The van der Waals surface area contributed by atoms with Crippen molar-refractivity contribution in [2.24, 2.45) is 5.92 Å². The van der Waals surface area contributed by atoms with E-state index in [0.29, 0.717) is 6.04 Å². The predicted molar refractivity (Wildman–Crippen MR) is 70.8 cm³/mol. The quantitative estimate of drug-likeness (QED) is 0.841. The summed E-state index contributed by atoms with van der Waals surface area (Å²) in [7, 11) is -2.84. The van der Waals surface area contributed by atoms with Crippen LogP contribution in [0.3, 0.4) is 0 Å². The van der Waals surface area contributed by atoms with Gasteiger partial charge in [-0.3, -0.25) is 0 Å². The van der Waals surface area contributed by atoms with Gasteiger partial charge in [-0.25, -0.2) is 8.42 Å². The SMILES string of the molecule is CS(=O)(=O)C1CCCC(NCC2CCCC2)C1. The van der Waals surface area contributed by atoms with Crippen LogP contribution >= 0.6 is 0 Å². The summed E-state index contributed by atoms with van der Waals surface area (Å²) in [6.07, 6.45) is 10.7. The van der Waals surface area contributed by atoms with Crippen LogP contribution in [0.15, 0.2) is 0 Å². The molecule has 2 aliphatic rings. The monoisotopic (exact) mass is 259 g/mol. The second-order valence-corrected chi connectivity index (χ2v) is 8.20. The second-order valence-electron chi connectivity index (χ2n) is 5.87. The van der Waals surface area contributed by atoms with Gasteiger partial charge in [0, 0.05) is 12.3 Å². The van der Waals surface area contributed by atoms with Crippen molar-refractivity contribution in [2.75, 3.05) is 12.8 Å². The van der Waals surface area contributed by atoms with Gasteiger partial charge in [0.05, 0.1) is 5.25 Å². The summed E-state index contributed by atoms with van der Waals surface area (Å²) in [5.41, 5.74) is 0. The van der Waals surface area contributed by atoms with Crippen molar-refractivity contribution in [1.82, 2.24) is 5.32 Å². The lowest BCUT2D eigenvalue weighted by Gasteiger charge is -2.29. The van der Waals surface area contributed by atoms with E-state index in [9.17, 15) is 8.42 Å². The molecule has 0 aromatic carbocycles. The van der Waals surface area contributed by atoms with E-state index in [1.807, 2.05) is 0 Å². The molecule has 0 radical (unpaired) electrons. The van der Waals surface area contributed by atoms with Gasteiger partial charge in [0.15, 0.2) is 0 Å². The van der Waals surface area contributed by atoms with Crippen LogP contribution in [0.1, 0.15) is 51.4 Å². The summed E-state index contributed by atoms with van der Waals surface area (Å²) >= 11 is 0. The lowest BCUT2D eigenvalue weighted by atomic mass is 9.94. The molecule has 2 fully saturated rings. The first-order valence-corrected chi connectivity index (χ1v) is 8.93. The summed E-state index contributed by atoms with van der Waals surface area (Å²) in [4.78, 5) is 0. The van der Waals surface area contributed by atoms with Gasteiger partial charge in [0.25, 0.3) is 0 Å². The van der Waals surface area contributed by atoms with Gasteiger partial charge in [-0.2, -0.15) is 0 Å². The molecule has 2 saturated carbocycles. The third-order valence-electron chi connectivity index (χ3n) is 4.40. The van der Waals surface area contributed by atoms with E-state index in [1.165, 1.54) is 31.9 Å². The fourth-order valence-corrected chi connectivity index (χ4v) is 4.44. The number of hydrogen-bond acceptors (Lipinski definition) is 3. The van der Waals surface area contributed by atoms with E-state index >= 15 is 0 Å². The van der Waals surface area contributed by atoms with Crippen LogP contribution in [0.2, 0.25) is 0 Å². The molecule has 0 heterocycles. The highest BCUT2D eigenvalue weighted by molar-refractivity contribution is 7.91.